The fraction of sp³-hybridized carbons (Fsp3) is 0.238. The summed E-state index contributed by atoms with van der Waals surface area (Å²) in [6.45, 7) is 1.65. The van der Waals surface area contributed by atoms with Crippen LogP contribution in [-0.2, 0) is 14.8 Å². The highest BCUT2D eigenvalue weighted by atomic mass is 35.5. The number of para-hydroxylation sites is 1. The summed E-state index contributed by atoms with van der Waals surface area (Å²) in [5.74, 6) is -1.92. The number of methoxy groups -OCH3 is 1. The number of fused-ring (bicyclic) bond motifs is 1. The number of carbonyl (C=O) groups is 2. The third-order valence-corrected chi connectivity index (χ3v) is 6.29. The van der Waals surface area contributed by atoms with E-state index in [1.165, 1.54) is 23.9 Å². The predicted molar refractivity (Wildman–Crippen MR) is 117 cm³/mol. The number of rotatable bonds is 6. The Bertz CT molecular complexity index is 1270. The van der Waals surface area contributed by atoms with Crippen molar-refractivity contribution in [3.05, 3.63) is 65.1 Å². The van der Waals surface area contributed by atoms with E-state index in [-0.39, 0.29) is 22.7 Å². The first-order valence-corrected chi connectivity index (χ1v) is 11.5. The van der Waals surface area contributed by atoms with Gasteiger partial charge in [-0.3, -0.25) is 13.7 Å². The maximum Gasteiger partial charge on any atom is 0.340 e. The second kappa shape index (κ2) is 8.68. The summed E-state index contributed by atoms with van der Waals surface area (Å²) in [4.78, 5) is 25.7. The molecule has 1 aromatic heterocycles. The lowest BCUT2D eigenvalue weighted by atomic mass is 10.1. The van der Waals surface area contributed by atoms with E-state index in [9.17, 15) is 22.4 Å². The van der Waals surface area contributed by atoms with Gasteiger partial charge in [0.15, 0.2) is 0 Å². The molecular weight excluding hydrogens is 447 g/mol. The van der Waals surface area contributed by atoms with Gasteiger partial charge in [-0.05, 0) is 30.7 Å². The molecule has 2 aromatic carbocycles. The van der Waals surface area contributed by atoms with Gasteiger partial charge < -0.3 is 4.74 Å². The highest BCUT2D eigenvalue weighted by Gasteiger charge is 2.34. The van der Waals surface area contributed by atoms with Crippen molar-refractivity contribution in [1.29, 1.82) is 0 Å². The van der Waals surface area contributed by atoms with Gasteiger partial charge in [-0.15, -0.1) is 0 Å². The molecule has 0 spiro atoms. The molecule has 0 bridgehead atoms. The zero-order valence-electron chi connectivity index (χ0n) is 17.0. The monoisotopic (exact) mass is 466 g/mol. The first-order valence-electron chi connectivity index (χ1n) is 9.27. The molecule has 0 fully saturated rings. The lowest BCUT2D eigenvalue weighted by Crippen LogP contribution is -2.46. The van der Waals surface area contributed by atoms with Crippen molar-refractivity contribution in [3.8, 4) is 0 Å². The predicted octanol–water partition coefficient (Wildman–Crippen LogP) is 4.11. The Morgan fingerprint density at radius 1 is 1.23 bits per heavy atom. The Balaban J connectivity index is 2.18. The SMILES string of the molecule is CC[C@@H](C(=O)n1cc(C(=O)OC)c2ccccc21)N(c1ccc(F)c(Cl)c1)S(C)(=O)=O. The molecule has 7 nitrogen and oxygen atoms in total. The summed E-state index contributed by atoms with van der Waals surface area (Å²) in [5.41, 5.74) is 0.660. The second-order valence-corrected chi connectivity index (χ2v) is 9.11. The van der Waals surface area contributed by atoms with Crippen LogP contribution in [-0.4, -0.2) is 44.3 Å². The minimum atomic E-state index is -3.95. The molecule has 0 aliphatic rings. The highest BCUT2D eigenvalue weighted by molar-refractivity contribution is 7.92. The number of halogens is 2. The average molecular weight is 467 g/mol. The van der Waals surface area contributed by atoms with Crippen molar-refractivity contribution < 1.29 is 27.1 Å². The Kier molecular flexibility index (Phi) is 6.38. The molecule has 3 aromatic rings. The molecule has 0 saturated carbocycles. The molecule has 0 radical (unpaired) electrons. The standard InChI is InChI=1S/C21H20ClFN2O5S/c1-4-18(25(31(3,28)29)13-9-10-17(23)16(22)11-13)20(26)24-12-15(21(27)30-2)14-7-5-6-8-19(14)24/h5-12,18H,4H2,1-3H3/t18-/m0/s1. The van der Waals surface area contributed by atoms with Crippen LogP contribution in [0.2, 0.25) is 5.02 Å². The van der Waals surface area contributed by atoms with E-state index >= 15 is 0 Å². The molecule has 1 heterocycles. The van der Waals surface area contributed by atoms with E-state index in [2.05, 4.69) is 0 Å². The van der Waals surface area contributed by atoms with Gasteiger partial charge in [-0.2, -0.15) is 0 Å². The second-order valence-electron chi connectivity index (χ2n) is 6.84. The molecule has 0 aliphatic carbocycles. The first kappa shape index (κ1) is 22.8. The van der Waals surface area contributed by atoms with Crippen molar-refractivity contribution in [2.24, 2.45) is 0 Å². The van der Waals surface area contributed by atoms with Crippen LogP contribution in [0.3, 0.4) is 0 Å². The number of esters is 1. The third kappa shape index (κ3) is 4.28. The summed E-state index contributed by atoms with van der Waals surface area (Å²) in [6.07, 6.45) is 2.40. The molecule has 164 valence electrons. The molecule has 10 heteroatoms. The fourth-order valence-corrected chi connectivity index (χ4v) is 4.83. The van der Waals surface area contributed by atoms with E-state index in [0.717, 1.165) is 22.7 Å². The number of anilines is 1. The molecule has 0 aliphatic heterocycles. The zero-order chi connectivity index (χ0) is 22.9. The van der Waals surface area contributed by atoms with E-state index in [1.54, 1.807) is 31.2 Å². The van der Waals surface area contributed by atoms with Crippen molar-refractivity contribution in [2.75, 3.05) is 17.7 Å². The summed E-state index contributed by atoms with van der Waals surface area (Å²) in [6, 6.07) is 8.98. The van der Waals surface area contributed by atoms with Crippen molar-refractivity contribution in [3.63, 3.8) is 0 Å². The molecule has 0 unspecified atom stereocenters. The quantitative estimate of drug-likeness (QED) is 0.510. The molecule has 1 atom stereocenters. The van der Waals surface area contributed by atoms with Gasteiger partial charge in [-0.25, -0.2) is 17.6 Å². The Morgan fingerprint density at radius 3 is 2.48 bits per heavy atom. The van der Waals surface area contributed by atoms with E-state index in [0.29, 0.717) is 10.9 Å². The van der Waals surface area contributed by atoms with Gasteiger partial charge in [-0.1, -0.05) is 36.7 Å². The summed E-state index contributed by atoms with van der Waals surface area (Å²) < 4.78 is 45.9. The Morgan fingerprint density at radius 2 is 1.90 bits per heavy atom. The lowest BCUT2D eigenvalue weighted by molar-refractivity contribution is 0.0603. The van der Waals surface area contributed by atoms with Gasteiger partial charge in [0, 0.05) is 11.6 Å². The van der Waals surface area contributed by atoms with Gasteiger partial charge in [0.05, 0.1) is 35.2 Å². The summed E-state index contributed by atoms with van der Waals surface area (Å²) >= 11 is 5.85. The molecule has 0 N–H and O–H groups in total. The number of hydrogen-bond acceptors (Lipinski definition) is 5. The number of sulfonamides is 1. The Hall–Kier alpha value is -2.91. The van der Waals surface area contributed by atoms with Gasteiger partial charge >= 0.3 is 5.97 Å². The molecule has 3 rings (SSSR count). The minimum absolute atomic E-state index is 0.0544. The zero-order valence-corrected chi connectivity index (χ0v) is 18.6. The summed E-state index contributed by atoms with van der Waals surface area (Å²) in [7, 11) is -2.72. The first-order chi connectivity index (χ1) is 14.6. The number of ether oxygens (including phenoxy) is 1. The van der Waals surface area contributed by atoms with Crippen LogP contribution in [0, 0.1) is 5.82 Å². The fourth-order valence-electron chi connectivity index (χ4n) is 3.46. The molecule has 31 heavy (non-hydrogen) atoms. The highest BCUT2D eigenvalue weighted by Crippen LogP contribution is 2.29. The molecule has 0 saturated heterocycles. The topological polar surface area (TPSA) is 85.7 Å². The summed E-state index contributed by atoms with van der Waals surface area (Å²) in [5, 5.41) is 0.223. The smallest absolute Gasteiger partial charge is 0.340 e. The maximum atomic E-state index is 13.6. The van der Waals surface area contributed by atoms with Crippen molar-refractivity contribution >= 4 is 50.1 Å². The van der Waals surface area contributed by atoms with Crippen molar-refractivity contribution in [1.82, 2.24) is 4.57 Å². The minimum Gasteiger partial charge on any atom is -0.465 e. The third-order valence-electron chi connectivity index (χ3n) is 4.82. The van der Waals surface area contributed by atoms with Crippen LogP contribution in [0.5, 0.6) is 0 Å². The van der Waals surface area contributed by atoms with Crippen LogP contribution in [0.15, 0.2) is 48.7 Å². The largest absolute Gasteiger partial charge is 0.465 e. The normalized spacial score (nSPS) is 12.5. The van der Waals surface area contributed by atoms with Gasteiger partial charge in [0.1, 0.15) is 11.9 Å². The molecular formula is C21H20ClFN2O5S. The Labute approximate surface area is 184 Å². The van der Waals surface area contributed by atoms with Crippen LogP contribution in [0.25, 0.3) is 10.9 Å². The van der Waals surface area contributed by atoms with Gasteiger partial charge in [0.25, 0.3) is 5.91 Å². The number of aromatic nitrogens is 1. The number of nitrogens with zero attached hydrogens (tertiary/aromatic N) is 2. The van der Waals surface area contributed by atoms with Crippen molar-refractivity contribution in [2.45, 2.75) is 19.4 Å². The average Bonchev–Trinajstić information content (AvgIpc) is 3.12. The van der Waals surface area contributed by atoms with Crippen LogP contribution in [0.1, 0.15) is 28.5 Å². The van der Waals surface area contributed by atoms with Crippen LogP contribution in [0.4, 0.5) is 10.1 Å². The van der Waals surface area contributed by atoms with Crippen LogP contribution >= 0.6 is 11.6 Å². The maximum absolute atomic E-state index is 13.6. The van der Waals surface area contributed by atoms with Gasteiger partial charge in [0.2, 0.25) is 10.0 Å². The van der Waals surface area contributed by atoms with E-state index in [4.69, 9.17) is 16.3 Å². The number of hydrogen-bond donors (Lipinski definition) is 0. The molecule has 0 amide bonds. The van der Waals surface area contributed by atoms with Crippen LogP contribution < -0.4 is 4.31 Å². The lowest BCUT2D eigenvalue weighted by Gasteiger charge is -2.30. The number of carbonyl (C=O) groups excluding carboxylic acids is 2. The number of benzene rings is 2. The van der Waals surface area contributed by atoms with E-state index in [1.807, 2.05) is 0 Å². The van der Waals surface area contributed by atoms with E-state index < -0.39 is 33.8 Å².